The van der Waals surface area contributed by atoms with Gasteiger partial charge >= 0.3 is 11.9 Å². The Kier molecular flexibility index (Phi) is 3.12. The van der Waals surface area contributed by atoms with E-state index in [0.717, 1.165) is 0 Å². The van der Waals surface area contributed by atoms with E-state index in [9.17, 15) is 19.2 Å². The largest absolute Gasteiger partial charge is 0.465 e. The first-order valence-corrected chi connectivity index (χ1v) is 7.36. The molecule has 0 radical (unpaired) electrons. The van der Waals surface area contributed by atoms with Crippen molar-refractivity contribution in [3.8, 4) is 0 Å². The number of carbonyl (C=O) groups excluding carboxylic acids is 4. The van der Waals surface area contributed by atoms with E-state index in [-0.39, 0.29) is 13.2 Å². The van der Waals surface area contributed by atoms with Gasteiger partial charge in [0.2, 0.25) is 5.78 Å². The van der Waals surface area contributed by atoms with Gasteiger partial charge in [0.15, 0.2) is 11.0 Å². The highest BCUT2D eigenvalue weighted by Crippen LogP contribution is 2.66. The number of allylic oxidation sites excluding steroid dienone is 1. The van der Waals surface area contributed by atoms with Crippen LogP contribution in [-0.2, 0) is 28.7 Å². The third-order valence-corrected chi connectivity index (χ3v) is 4.92. The van der Waals surface area contributed by atoms with E-state index in [1.54, 1.807) is 19.9 Å². The summed E-state index contributed by atoms with van der Waals surface area (Å²) in [6, 6.07) is 0. The van der Waals surface area contributed by atoms with Crippen LogP contribution in [0.4, 0.5) is 0 Å². The van der Waals surface area contributed by atoms with Crippen LogP contribution >= 0.6 is 0 Å². The molecule has 1 saturated carbocycles. The molecule has 1 aliphatic heterocycles. The molecule has 3 rings (SSSR count). The lowest BCUT2D eigenvalue weighted by molar-refractivity contribution is -0.201. The number of hydrogen-bond donors (Lipinski definition) is 1. The molecule has 3 aliphatic rings. The number of fused-ring (bicyclic) bond motifs is 4. The lowest BCUT2D eigenvalue weighted by Crippen LogP contribution is -2.79. The SMILES string of the molecule is CCOC(=O)[C@@]12C(=O)C(=O)N[C@]1(C(=O)OCC)[C@@H]1C=CC[C@@H]12. The molecule has 2 aliphatic carbocycles. The summed E-state index contributed by atoms with van der Waals surface area (Å²) in [5, 5.41) is 2.44. The Morgan fingerprint density at radius 2 is 1.86 bits per heavy atom. The first kappa shape index (κ1) is 14.7. The molecular formula is C15H17NO6. The Hall–Kier alpha value is -2.18. The number of amides is 1. The number of Topliss-reactive ketones (excluding diaryl/α,β-unsaturated/α-hetero) is 1. The molecule has 0 spiro atoms. The average molecular weight is 307 g/mol. The summed E-state index contributed by atoms with van der Waals surface area (Å²) in [4.78, 5) is 49.6. The number of ether oxygens (including phenoxy) is 2. The van der Waals surface area contributed by atoms with Gasteiger partial charge in [0.05, 0.1) is 13.2 Å². The Bertz CT molecular complexity index is 611. The maximum atomic E-state index is 12.6. The van der Waals surface area contributed by atoms with Crippen LogP contribution < -0.4 is 5.32 Å². The molecule has 1 heterocycles. The summed E-state index contributed by atoms with van der Waals surface area (Å²) in [5.41, 5.74) is -3.47. The van der Waals surface area contributed by atoms with Gasteiger partial charge in [0.1, 0.15) is 0 Å². The van der Waals surface area contributed by atoms with Crippen LogP contribution in [0.5, 0.6) is 0 Å². The van der Waals surface area contributed by atoms with E-state index in [1.807, 2.05) is 6.08 Å². The monoisotopic (exact) mass is 307 g/mol. The normalized spacial score (nSPS) is 37.9. The zero-order valence-corrected chi connectivity index (χ0v) is 12.4. The van der Waals surface area contributed by atoms with Crippen molar-refractivity contribution in [1.82, 2.24) is 5.32 Å². The van der Waals surface area contributed by atoms with Gasteiger partial charge in [0.25, 0.3) is 5.91 Å². The second-order valence-corrected chi connectivity index (χ2v) is 5.64. The molecule has 1 N–H and O–H groups in total. The molecule has 7 nitrogen and oxygen atoms in total. The molecular weight excluding hydrogens is 290 g/mol. The highest BCUT2D eigenvalue weighted by atomic mass is 16.5. The van der Waals surface area contributed by atoms with Crippen LogP contribution in [0.1, 0.15) is 20.3 Å². The fourth-order valence-corrected chi connectivity index (χ4v) is 4.19. The summed E-state index contributed by atoms with van der Waals surface area (Å²) in [7, 11) is 0. The van der Waals surface area contributed by atoms with Crippen molar-refractivity contribution in [3.63, 3.8) is 0 Å². The van der Waals surface area contributed by atoms with Crippen LogP contribution in [0.2, 0.25) is 0 Å². The van der Waals surface area contributed by atoms with E-state index < -0.39 is 46.4 Å². The van der Waals surface area contributed by atoms with Gasteiger partial charge in [-0.15, -0.1) is 0 Å². The Balaban J connectivity index is 2.16. The Morgan fingerprint density at radius 3 is 2.50 bits per heavy atom. The number of nitrogens with one attached hydrogen (secondary N) is 1. The Morgan fingerprint density at radius 1 is 1.23 bits per heavy atom. The van der Waals surface area contributed by atoms with Crippen LogP contribution in [0, 0.1) is 17.3 Å². The van der Waals surface area contributed by atoms with Gasteiger partial charge in [-0.3, -0.25) is 14.4 Å². The maximum Gasteiger partial charge on any atom is 0.334 e. The summed E-state index contributed by atoms with van der Waals surface area (Å²) in [6.45, 7) is 3.38. The van der Waals surface area contributed by atoms with Crippen LogP contribution in [-0.4, -0.2) is 42.4 Å². The van der Waals surface area contributed by atoms with E-state index in [2.05, 4.69) is 5.32 Å². The van der Waals surface area contributed by atoms with E-state index in [4.69, 9.17) is 9.47 Å². The van der Waals surface area contributed by atoms with Gasteiger partial charge < -0.3 is 14.8 Å². The van der Waals surface area contributed by atoms with Crippen molar-refractivity contribution < 1.29 is 28.7 Å². The van der Waals surface area contributed by atoms with Gasteiger partial charge in [-0.25, -0.2) is 4.79 Å². The molecule has 1 saturated heterocycles. The molecule has 0 unspecified atom stereocenters. The Labute approximate surface area is 127 Å². The van der Waals surface area contributed by atoms with Crippen molar-refractivity contribution in [2.75, 3.05) is 13.2 Å². The summed E-state index contributed by atoms with van der Waals surface area (Å²) < 4.78 is 10.1. The quantitative estimate of drug-likeness (QED) is 0.332. The molecule has 0 bridgehead atoms. The van der Waals surface area contributed by atoms with E-state index in [0.29, 0.717) is 6.42 Å². The lowest BCUT2D eigenvalue weighted by atomic mass is 9.43. The molecule has 1 amide bonds. The number of carbonyl (C=O) groups is 4. The average Bonchev–Trinajstić information content (AvgIpc) is 2.98. The molecule has 118 valence electrons. The highest BCUT2D eigenvalue weighted by Gasteiger charge is 2.88. The second-order valence-electron chi connectivity index (χ2n) is 5.64. The van der Waals surface area contributed by atoms with Crippen LogP contribution in [0.3, 0.4) is 0 Å². The summed E-state index contributed by atoms with van der Waals surface area (Å²) >= 11 is 0. The fraction of sp³-hybridized carbons (Fsp3) is 0.600. The number of rotatable bonds is 4. The smallest absolute Gasteiger partial charge is 0.334 e. The van der Waals surface area contributed by atoms with Gasteiger partial charge in [-0.2, -0.15) is 0 Å². The predicted molar refractivity (Wildman–Crippen MR) is 72.3 cm³/mol. The zero-order valence-electron chi connectivity index (χ0n) is 12.4. The maximum absolute atomic E-state index is 12.6. The van der Waals surface area contributed by atoms with Crippen LogP contribution in [0.15, 0.2) is 12.2 Å². The zero-order chi connectivity index (χ0) is 16.1. The predicted octanol–water partition coefficient (Wildman–Crippen LogP) is -0.257. The fourth-order valence-electron chi connectivity index (χ4n) is 4.19. The molecule has 0 aromatic heterocycles. The van der Waals surface area contributed by atoms with Crippen molar-refractivity contribution in [2.45, 2.75) is 25.8 Å². The summed E-state index contributed by atoms with van der Waals surface area (Å²) in [5.74, 6) is -4.27. The molecule has 22 heavy (non-hydrogen) atoms. The molecule has 0 aromatic rings. The molecule has 0 aromatic carbocycles. The van der Waals surface area contributed by atoms with Crippen LogP contribution in [0.25, 0.3) is 0 Å². The van der Waals surface area contributed by atoms with E-state index in [1.165, 1.54) is 0 Å². The lowest BCUT2D eigenvalue weighted by Gasteiger charge is -2.57. The van der Waals surface area contributed by atoms with Crippen molar-refractivity contribution in [3.05, 3.63) is 12.2 Å². The van der Waals surface area contributed by atoms with Crippen molar-refractivity contribution in [2.24, 2.45) is 17.3 Å². The third-order valence-electron chi connectivity index (χ3n) is 4.92. The second kappa shape index (κ2) is 4.66. The first-order chi connectivity index (χ1) is 10.5. The van der Waals surface area contributed by atoms with Crippen molar-refractivity contribution in [1.29, 1.82) is 0 Å². The summed E-state index contributed by atoms with van der Waals surface area (Å²) in [6.07, 6.45) is 4.03. The van der Waals surface area contributed by atoms with Gasteiger partial charge in [0, 0.05) is 5.92 Å². The highest BCUT2D eigenvalue weighted by molar-refractivity contribution is 6.47. The number of esters is 2. The standard InChI is InChI=1S/C15H17NO6/c1-3-21-12(19)14-8-6-5-7-9(8)15(14,13(20)22-4-2)16-11(18)10(14)17/h5,7-9H,3-4,6H2,1-2H3,(H,16,18)/t8-,9+,14+,15-/m0/s1. The van der Waals surface area contributed by atoms with E-state index >= 15 is 0 Å². The molecule has 2 fully saturated rings. The first-order valence-electron chi connectivity index (χ1n) is 7.36. The third kappa shape index (κ3) is 1.32. The minimum Gasteiger partial charge on any atom is -0.465 e. The minimum atomic E-state index is -1.81. The number of ketones is 1. The van der Waals surface area contributed by atoms with Gasteiger partial charge in [-0.05, 0) is 26.2 Å². The van der Waals surface area contributed by atoms with Gasteiger partial charge in [-0.1, -0.05) is 12.2 Å². The topological polar surface area (TPSA) is 98.8 Å². The molecule has 4 atom stereocenters. The minimum absolute atomic E-state index is 0.0613. The number of hydrogen-bond acceptors (Lipinski definition) is 6. The van der Waals surface area contributed by atoms with Crippen molar-refractivity contribution >= 4 is 23.6 Å². The molecule has 7 heteroatoms.